The number of nitrogens with zero attached hydrogens (tertiary/aromatic N) is 2. The van der Waals surface area contributed by atoms with Crippen molar-refractivity contribution in [3.05, 3.63) is 77.5 Å². The molecule has 0 fully saturated rings. The average Bonchev–Trinajstić information content (AvgIpc) is 2.73. The minimum absolute atomic E-state index is 0.0234. The number of phenolic OH excluding ortho intramolecular Hbond substituents is 1. The van der Waals surface area contributed by atoms with Crippen LogP contribution < -0.4 is 11.1 Å². The van der Waals surface area contributed by atoms with E-state index in [0.29, 0.717) is 22.0 Å². The highest BCUT2D eigenvalue weighted by Crippen LogP contribution is 2.35. The van der Waals surface area contributed by atoms with Gasteiger partial charge in [0.2, 0.25) is 5.95 Å². The van der Waals surface area contributed by atoms with E-state index in [0.717, 1.165) is 17.7 Å². The molecular formula is C23H17F3N4O2. The van der Waals surface area contributed by atoms with E-state index < -0.39 is 17.6 Å². The zero-order valence-corrected chi connectivity index (χ0v) is 16.7. The number of phenols is 1. The predicted octanol–water partition coefficient (Wildman–Crippen LogP) is 5.16. The molecule has 0 aliphatic heterocycles. The molecular weight excluding hydrogens is 421 g/mol. The summed E-state index contributed by atoms with van der Waals surface area (Å²) in [6, 6.07) is 12.4. The van der Waals surface area contributed by atoms with Gasteiger partial charge in [0, 0.05) is 34.5 Å². The van der Waals surface area contributed by atoms with Crippen LogP contribution in [-0.4, -0.2) is 21.0 Å². The lowest BCUT2D eigenvalue weighted by atomic mass is 9.96. The fourth-order valence-electron chi connectivity index (χ4n) is 3.33. The number of alkyl halides is 3. The molecule has 0 aliphatic rings. The van der Waals surface area contributed by atoms with Crippen molar-refractivity contribution in [2.45, 2.75) is 13.1 Å². The molecule has 1 amide bonds. The fourth-order valence-corrected chi connectivity index (χ4v) is 3.33. The topological polar surface area (TPSA) is 101 Å². The van der Waals surface area contributed by atoms with Gasteiger partial charge in [-0.2, -0.15) is 13.2 Å². The number of aromatic nitrogens is 2. The van der Waals surface area contributed by atoms with E-state index in [2.05, 4.69) is 15.3 Å². The number of nitrogens with one attached hydrogen (secondary N) is 1. The molecule has 4 N–H and O–H groups in total. The molecule has 4 aromatic rings. The van der Waals surface area contributed by atoms with Gasteiger partial charge in [-0.05, 0) is 54.4 Å². The molecule has 0 radical (unpaired) electrons. The van der Waals surface area contributed by atoms with E-state index in [9.17, 15) is 23.1 Å². The first-order valence-corrected chi connectivity index (χ1v) is 9.47. The largest absolute Gasteiger partial charge is 0.507 e. The molecule has 1 aromatic heterocycles. The van der Waals surface area contributed by atoms with Crippen LogP contribution in [0, 0.1) is 6.92 Å². The summed E-state index contributed by atoms with van der Waals surface area (Å²) in [4.78, 5) is 20.7. The average molecular weight is 438 g/mol. The number of amides is 1. The molecule has 0 unspecified atom stereocenters. The van der Waals surface area contributed by atoms with Gasteiger partial charge in [-0.1, -0.05) is 12.1 Å². The summed E-state index contributed by atoms with van der Waals surface area (Å²) in [5.74, 6) is -0.565. The Hall–Kier alpha value is -4.14. The number of rotatable bonds is 3. The van der Waals surface area contributed by atoms with Crippen molar-refractivity contribution < 1.29 is 23.1 Å². The van der Waals surface area contributed by atoms with E-state index in [1.807, 2.05) is 6.92 Å². The number of fused-ring (bicyclic) bond motifs is 1. The number of anilines is 2. The van der Waals surface area contributed by atoms with Gasteiger partial charge in [-0.15, -0.1) is 0 Å². The second-order valence-electron chi connectivity index (χ2n) is 7.22. The maximum Gasteiger partial charge on any atom is 0.416 e. The zero-order chi connectivity index (χ0) is 23.0. The van der Waals surface area contributed by atoms with Gasteiger partial charge >= 0.3 is 6.18 Å². The Labute approximate surface area is 180 Å². The van der Waals surface area contributed by atoms with Crippen LogP contribution >= 0.6 is 0 Å². The minimum atomic E-state index is -4.51. The number of aryl methyl sites for hydroxylation is 1. The van der Waals surface area contributed by atoms with Gasteiger partial charge in [-0.3, -0.25) is 4.79 Å². The third-order valence-corrected chi connectivity index (χ3v) is 4.95. The van der Waals surface area contributed by atoms with E-state index in [1.54, 1.807) is 24.3 Å². The van der Waals surface area contributed by atoms with Crippen molar-refractivity contribution in [2.24, 2.45) is 0 Å². The lowest BCUT2D eigenvalue weighted by Gasteiger charge is -2.13. The molecule has 32 heavy (non-hydrogen) atoms. The lowest BCUT2D eigenvalue weighted by molar-refractivity contribution is -0.137. The molecule has 4 rings (SSSR count). The Bertz CT molecular complexity index is 1350. The van der Waals surface area contributed by atoms with Gasteiger partial charge in [0.1, 0.15) is 5.75 Å². The summed E-state index contributed by atoms with van der Waals surface area (Å²) in [7, 11) is 0. The molecule has 0 spiro atoms. The molecule has 3 aromatic carbocycles. The molecule has 0 saturated carbocycles. The summed E-state index contributed by atoms with van der Waals surface area (Å²) in [6.45, 7) is 1.81. The number of aromatic hydroxyl groups is 1. The molecule has 0 atom stereocenters. The monoisotopic (exact) mass is 438 g/mol. The number of nitrogens with two attached hydrogens (primary N) is 1. The Morgan fingerprint density at radius 1 is 1.06 bits per heavy atom. The standard InChI is InChI=1S/C23H17F3N4O2/c1-12-5-6-13(21(32)29-16-4-2-3-15(9-16)23(24,25)26)7-17(12)18-8-14-11-28-22(27)30-19(14)10-20(18)31/h2-11,31H,1H3,(H,29,32)(H2,27,28,30). The number of carbonyl (C=O) groups is 1. The van der Waals surface area contributed by atoms with Crippen molar-refractivity contribution in [1.29, 1.82) is 0 Å². The van der Waals surface area contributed by atoms with Crippen LogP contribution in [0.4, 0.5) is 24.8 Å². The maximum absolute atomic E-state index is 12.9. The number of hydrogen-bond acceptors (Lipinski definition) is 5. The van der Waals surface area contributed by atoms with E-state index >= 15 is 0 Å². The van der Waals surface area contributed by atoms with Crippen molar-refractivity contribution in [2.75, 3.05) is 11.1 Å². The highest BCUT2D eigenvalue weighted by molar-refractivity contribution is 6.05. The number of nitrogen functional groups attached to an aromatic ring is 1. The molecule has 0 saturated heterocycles. The third kappa shape index (κ3) is 4.18. The van der Waals surface area contributed by atoms with Gasteiger partial charge in [-0.25, -0.2) is 9.97 Å². The fraction of sp³-hybridized carbons (Fsp3) is 0.0870. The lowest BCUT2D eigenvalue weighted by Crippen LogP contribution is -2.13. The normalized spacial score (nSPS) is 11.5. The number of hydrogen-bond donors (Lipinski definition) is 3. The Morgan fingerprint density at radius 3 is 2.59 bits per heavy atom. The summed E-state index contributed by atoms with van der Waals surface area (Å²) in [6.07, 6.45) is -2.99. The first-order chi connectivity index (χ1) is 15.1. The summed E-state index contributed by atoms with van der Waals surface area (Å²) >= 11 is 0. The van der Waals surface area contributed by atoms with Gasteiger partial charge in [0.05, 0.1) is 11.1 Å². The first-order valence-electron chi connectivity index (χ1n) is 9.47. The predicted molar refractivity (Wildman–Crippen MR) is 115 cm³/mol. The van der Waals surface area contributed by atoms with Crippen LogP contribution in [0.25, 0.3) is 22.0 Å². The van der Waals surface area contributed by atoms with E-state index in [4.69, 9.17) is 5.73 Å². The summed E-state index contributed by atoms with van der Waals surface area (Å²) in [5.41, 5.74) is 7.26. The van der Waals surface area contributed by atoms with Crippen LogP contribution in [0.3, 0.4) is 0 Å². The van der Waals surface area contributed by atoms with Crippen LogP contribution in [0.2, 0.25) is 0 Å². The summed E-state index contributed by atoms with van der Waals surface area (Å²) < 4.78 is 38.8. The van der Waals surface area contributed by atoms with Gasteiger partial charge in [0.15, 0.2) is 0 Å². The van der Waals surface area contributed by atoms with Gasteiger partial charge in [0.25, 0.3) is 5.91 Å². The molecule has 162 valence electrons. The number of halogens is 3. The van der Waals surface area contributed by atoms with E-state index in [-0.39, 0.29) is 22.9 Å². The third-order valence-electron chi connectivity index (χ3n) is 4.95. The Balaban J connectivity index is 1.69. The van der Waals surface area contributed by atoms with Crippen LogP contribution in [0.5, 0.6) is 5.75 Å². The smallest absolute Gasteiger partial charge is 0.416 e. The number of benzene rings is 3. The quantitative estimate of drug-likeness (QED) is 0.410. The highest BCUT2D eigenvalue weighted by atomic mass is 19.4. The SMILES string of the molecule is Cc1ccc(C(=O)Nc2cccc(C(F)(F)F)c2)cc1-c1cc2cnc(N)nc2cc1O. The molecule has 6 nitrogen and oxygen atoms in total. The zero-order valence-electron chi connectivity index (χ0n) is 16.7. The van der Waals surface area contributed by atoms with Crippen LogP contribution in [0.15, 0.2) is 60.8 Å². The molecule has 9 heteroatoms. The van der Waals surface area contributed by atoms with Crippen molar-refractivity contribution >= 4 is 28.4 Å². The van der Waals surface area contributed by atoms with Crippen molar-refractivity contribution in [1.82, 2.24) is 9.97 Å². The van der Waals surface area contributed by atoms with Crippen LogP contribution in [0.1, 0.15) is 21.5 Å². The molecule has 1 heterocycles. The van der Waals surface area contributed by atoms with E-state index in [1.165, 1.54) is 24.4 Å². The Morgan fingerprint density at radius 2 is 1.84 bits per heavy atom. The van der Waals surface area contributed by atoms with Crippen LogP contribution in [-0.2, 0) is 6.18 Å². The molecule has 0 aliphatic carbocycles. The Kier molecular flexibility index (Phi) is 5.17. The maximum atomic E-state index is 12.9. The summed E-state index contributed by atoms with van der Waals surface area (Å²) in [5, 5.41) is 13.7. The van der Waals surface area contributed by atoms with Crippen molar-refractivity contribution in [3.8, 4) is 16.9 Å². The van der Waals surface area contributed by atoms with Crippen molar-refractivity contribution in [3.63, 3.8) is 0 Å². The minimum Gasteiger partial charge on any atom is -0.507 e. The molecule has 0 bridgehead atoms. The first kappa shape index (κ1) is 21.1. The highest BCUT2D eigenvalue weighted by Gasteiger charge is 2.30. The van der Waals surface area contributed by atoms with Gasteiger partial charge < -0.3 is 16.2 Å². The second kappa shape index (κ2) is 7.84. The second-order valence-corrected chi connectivity index (χ2v) is 7.22. The number of carbonyl (C=O) groups excluding carboxylic acids is 1.